The minimum absolute atomic E-state index is 0.967. The van der Waals surface area contributed by atoms with Gasteiger partial charge in [-0.2, -0.15) is 0 Å². The number of benzene rings is 3. The molecule has 3 rings (SSSR count). The first-order chi connectivity index (χ1) is 8.29. The summed E-state index contributed by atoms with van der Waals surface area (Å²) in [6.45, 7) is 0. The Labute approximate surface area is 114 Å². The molecule has 0 bridgehead atoms. The van der Waals surface area contributed by atoms with E-state index in [-0.39, 0.29) is 0 Å². The van der Waals surface area contributed by atoms with Crippen LogP contribution in [0.25, 0.3) is 21.5 Å². The smallest absolute Gasteiger partial charge is 0.134 e. The quantitative estimate of drug-likeness (QED) is 0.467. The maximum Gasteiger partial charge on any atom is 0.134 e. The fourth-order valence-corrected chi connectivity index (χ4v) is 2.74. The highest BCUT2D eigenvalue weighted by Gasteiger charge is 2.07. The van der Waals surface area contributed by atoms with Crippen molar-refractivity contribution in [2.45, 2.75) is 0 Å². The zero-order chi connectivity index (χ0) is 11.8. The Morgan fingerprint density at radius 1 is 0.882 bits per heavy atom. The second-order valence-electron chi connectivity index (χ2n) is 4.00. The predicted molar refractivity (Wildman–Crippen MR) is 80.7 cm³/mol. The summed E-state index contributed by atoms with van der Waals surface area (Å²) in [7, 11) is 1.74. The first-order valence-corrected chi connectivity index (χ1v) is 6.52. The van der Waals surface area contributed by atoms with Crippen LogP contribution in [-0.4, -0.2) is 7.11 Å². The minimum atomic E-state index is 0.967. The molecule has 0 radical (unpaired) electrons. The molecule has 17 heavy (non-hydrogen) atoms. The van der Waals surface area contributed by atoms with Crippen molar-refractivity contribution in [3.8, 4) is 5.75 Å². The Kier molecular flexibility index (Phi) is 2.67. The molecule has 0 saturated heterocycles. The van der Waals surface area contributed by atoms with Gasteiger partial charge in [0.2, 0.25) is 0 Å². The van der Waals surface area contributed by atoms with Crippen molar-refractivity contribution in [2.75, 3.05) is 7.11 Å². The van der Waals surface area contributed by atoms with Gasteiger partial charge in [-0.05, 0) is 57.6 Å². The first-order valence-electron chi connectivity index (χ1n) is 5.44. The maximum absolute atomic E-state index is 5.58. The highest BCUT2D eigenvalue weighted by atomic mass is 127. The number of methoxy groups -OCH3 is 1. The third-order valence-electron chi connectivity index (χ3n) is 2.98. The molecule has 0 aliphatic carbocycles. The average molecular weight is 334 g/mol. The second kappa shape index (κ2) is 4.18. The fourth-order valence-electron chi connectivity index (χ4n) is 2.22. The summed E-state index contributed by atoms with van der Waals surface area (Å²) >= 11 is 2.33. The van der Waals surface area contributed by atoms with Gasteiger partial charge >= 0.3 is 0 Å². The minimum Gasteiger partial charge on any atom is -0.495 e. The van der Waals surface area contributed by atoms with Crippen LogP contribution in [0, 0.1) is 3.57 Å². The van der Waals surface area contributed by atoms with Crippen LogP contribution in [0.4, 0.5) is 0 Å². The monoisotopic (exact) mass is 334 g/mol. The third-order valence-corrected chi connectivity index (χ3v) is 3.65. The number of halogens is 1. The molecule has 0 N–H and O–H groups in total. The topological polar surface area (TPSA) is 9.23 Å². The Hall–Kier alpha value is -1.29. The summed E-state index contributed by atoms with van der Waals surface area (Å²) in [5, 5.41) is 4.79. The van der Waals surface area contributed by atoms with Gasteiger partial charge in [0.05, 0.1) is 7.11 Å². The second-order valence-corrected chi connectivity index (χ2v) is 5.24. The van der Waals surface area contributed by atoms with E-state index in [1.54, 1.807) is 7.11 Å². The third kappa shape index (κ3) is 1.76. The van der Waals surface area contributed by atoms with E-state index in [9.17, 15) is 0 Å². The van der Waals surface area contributed by atoms with E-state index in [2.05, 4.69) is 65.1 Å². The van der Waals surface area contributed by atoms with E-state index < -0.39 is 0 Å². The summed E-state index contributed by atoms with van der Waals surface area (Å²) in [4.78, 5) is 0. The fraction of sp³-hybridized carbons (Fsp3) is 0.0667. The van der Waals surface area contributed by atoms with E-state index in [4.69, 9.17) is 4.74 Å². The molecule has 0 aromatic heterocycles. The molecular weight excluding hydrogens is 323 g/mol. The van der Waals surface area contributed by atoms with Gasteiger partial charge in [0.15, 0.2) is 0 Å². The molecule has 0 unspecified atom stereocenters. The molecule has 2 heteroatoms. The van der Waals surface area contributed by atoms with Gasteiger partial charge < -0.3 is 4.74 Å². The molecule has 0 amide bonds. The molecule has 0 aliphatic heterocycles. The Balaban J connectivity index is 2.53. The molecular formula is C15H11IO. The molecule has 0 atom stereocenters. The normalized spacial score (nSPS) is 10.9. The summed E-state index contributed by atoms with van der Waals surface area (Å²) in [5.74, 6) is 0.967. The SMILES string of the molecule is COc1c2ccccc2cc2cc(I)ccc12. The van der Waals surface area contributed by atoms with Crippen LogP contribution in [0.5, 0.6) is 5.75 Å². The summed E-state index contributed by atoms with van der Waals surface area (Å²) in [6, 6.07) is 17.0. The van der Waals surface area contributed by atoms with Crippen LogP contribution >= 0.6 is 22.6 Å². The van der Waals surface area contributed by atoms with Crippen LogP contribution in [-0.2, 0) is 0 Å². The summed E-state index contributed by atoms with van der Waals surface area (Å²) in [5.41, 5.74) is 0. The molecule has 84 valence electrons. The molecule has 0 aliphatic rings. The number of hydrogen-bond acceptors (Lipinski definition) is 1. The molecule has 3 aromatic carbocycles. The van der Waals surface area contributed by atoms with Crippen molar-refractivity contribution in [1.82, 2.24) is 0 Å². The van der Waals surface area contributed by atoms with Crippen LogP contribution in [0.1, 0.15) is 0 Å². The van der Waals surface area contributed by atoms with Crippen molar-refractivity contribution in [3.63, 3.8) is 0 Å². The Morgan fingerprint density at radius 3 is 2.47 bits per heavy atom. The van der Waals surface area contributed by atoms with Gasteiger partial charge in [0, 0.05) is 14.3 Å². The lowest BCUT2D eigenvalue weighted by Gasteiger charge is -2.10. The van der Waals surface area contributed by atoms with E-state index in [0.717, 1.165) is 5.75 Å². The summed E-state index contributed by atoms with van der Waals surface area (Å²) in [6.07, 6.45) is 0. The molecule has 0 spiro atoms. The zero-order valence-corrected chi connectivity index (χ0v) is 11.6. The Morgan fingerprint density at radius 2 is 1.65 bits per heavy atom. The number of fused-ring (bicyclic) bond motifs is 2. The molecule has 0 heterocycles. The maximum atomic E-state index is 5.58. The van der Waals surface area contributed by atoms with E-state index in [1.807, 2.05) is 6.07 Å². The first kappa shape index (κ1) is 10.8. The van der Waals surface area contributed by atoms with Crippen molar-refractivity contribution in [1.29, 1.82) is 0 Å². The van der Waals surface area contributed by atoms with Gasteiger partial charge in [0.25, 0.3) is 0 Å². The van der Waals surface area contributed by atoms with Gasteiger partial charge in [-0.1, -0.05) is 24.3 Å². The standard InChI is InChI=1S/C15H11IO/c1-17-15-13-5-3-2-4-10(13)8-11-9-12(16)6-7-14(11)15/h2-9H,1H3. The van der Waals surface area contributed by atoms with Gasteiger partial charge in [-0.3, -0.25) is 0 Å². The van der Waals surface area contributed by atoms with Crippen LogP contribution in [0.15, 0.2) is 48.5 Å². The van der Waals surface area contributed by atoms with E-state index in [1.165, 1.54) is 25.1 Å². The van der Waals surface area contributed by atoms with E-state index in [0.29, 0.717) is 0 Å². The number of rotatable bonds is 1. The van der Waals surface area contributed by atoms with Gasteiger partial charge in [-0.15, -0.1) is 0 Å². The van der Waals surface area contributed by atoms with E-state index >= 15 is 0 Å². The number of ether oxygens (including phenoxy) is 1. The summed E-state index contributed by atoms with van der Waals surface area (Å²) < 4.78 is 6.82. The lowest BCUT2D eigenvalue weighted by molar-refractivity contribution is 0.424. The molecule has 3 aromatic rings. The van der Waals surface area contributed by atoms with Crippen molar-refractivity contribution < 1.29 is 4.74 Å². The molecule has 0 saturated carbocycles. The van der Waals surface area contributed by atoms with Crippen LogP contribution < -0.4 is 4.74 Å². The van der Waals surface area contributed by atoms with Crippen molar-refractivity contribution in [2.24, 2.45) is 0 Å². The number of hydrogen-bond donors (Lipinski definition) is 0. The Bertz CT molecular complexity index is 704. The van der Waals surface area contributed by atoms with Crippen LogP contribution in [0.3, 0.4) is 0 Å². The van der Waals surface area contributed by atoms with Gasteiger partial charge in [-0.25, -0.2) is 0 Å². The lowest BCUT2D eigenvalue weighted by Crippen LogP contribution is -1.88. The highest BCUT2D eigenvalue weighted by molar-refractivity contribution is 14.1. The predicted octanol–water partition coefficient (Wildman–Crippen LogP) is 4.61. The van der Waals surface area contributed by atoms with Crippen molar-refractivity contribution in [3.05, 3.63) is 52.1 Å². The average Bonchev–Trinajstić information content (AvgIpc) is 2.35. The largest absolute Gasteiger partial charge is 0.495 e. The van der Waals surface area contributed by atoms with Gasteiger partial charge in [0.1, 0.15) is 5.75 Å². The molecule has 1 nitrogen and oxygen atoms in total. The lowest BCUT2D eigenvalue weighted by atomic mass is 10.0. The molecule has 0 fully saturated rings. The highest BCUT2D eigenvalue weighted by Crippen LogP contribution is 2.35. The van der Waals surface area contributed by atoms with Crippen molar-refractivity contribution >= 4 is 44.1 Å². The van der Waals surface area contributed by atoms with Crippen LogP contribution in [0.2, 0.25) is 0 Å². The zero-order valence-electron chi connectivity index (χ0n) is 9.41.